The SMILES string of the molecule is CC1CCCCC1OCc1ccc(Cl)c([N+](=O)[O-])c1. The normalized spacial score (nSPS) is 23.3. The summed E-state index contributed by atoms with van der Waals surface area (Å²) in [4.78, 5) is 10.3. The average molecular weight is 284 g/mol. The van der Waals surface area contributed by atoms with Crippen LogP contribution in [0.25, 0.3) is 0 Å². The van der Waals surface area contributed by atoms with Gasteiger partial charge in [0.25, 0.3) is 5.69 Å². The van der Waals surface area contributed by atoms with Crippen LogP contribution in [-0.4, -0.2) is 11.0 Å². The lowest BCUT2D eigenvalue weighted by atomic mass is 9.88. The second-order valence-electron chi connectivity index (χ2n) is 5.15. The van der Waals surface area contributed by atoms with Crippen LogP contribution in [-0.2, 0) is 11.3 Å². The molecule has 2 atom stereocenters. The Labute approximate surface area is 117 Å². The molecule has 1 aliphatic carbocycles. The number of rotatable bonds is 4. The summed E-state index contributed by atoms with van der Waals surface area (Å²) in [5, 5.41) is 11.0. The fourth-order valence-electron chi connectivity index (χ4n) is 2.52. The summed E-state index contributed by atoms with van der Waals surface area (Å²) in [5.41, 5.74) is 0.744. The van der Waals surface area contributed by atoms with Crippen molar-refractivity contribution >= 4 is 17.3 Å². The third kappa shape index (κ3) is 3.67. The van der Waals surface area contributed by atoms with Crippen molar-refractivity contribution in [2.45, 2.75) is 45.3 Å². The van der Waals surface area contributed by atoms with E-state index in [0.717, 1.165) is 12.0 Å². The highest BCUT2D eigenvalue weighted by atomic mass is 35.5. The molecule has 2 unspecified atom stereocenters. The summed E-state index contributed by atoms with van der Waals surface area (Å²) in [6.07, 6.45) is 5.02. The monoisotopic (exact) mass is 283 g/mol. The van der Waals surface area contributed by atoms with E-state index < -0.39 is 4.92 Å². The Hall–Kier alpha value is -1.13. The fourth-order valence-corrected chi connectivity index (χ4v) is 2.71. The Morgan fingerprint density at radius 3 is 2.84 bits per heavy atom. The molecule has 4 nitrogen and oxygen atoms in total. The lowest BCUT2D eigenvalue weighted by Gasteiger charge is -2.28. The number of hydrogen-bond acceptors (Lipinski definition) is 3. The minimum atomic E-state index is -0.463. The van der Waals surface area contributed by atoms with Crippen molar-refractivity contribution in [1.82, 2.24) is 0 Å². The number of nitro groups is 1. The minimum absolute atomic E-state index is 0.0561. The second-order valence-corrected chi connectivity index (χ2v) is 5.56. The van der Waals surface area contributed by atoms with E-state index in [4.69, 9.17) is 16.3 Å². The van der Waals surface area contributed by atoms with E-state index in [1.165, 1.54) is 25.3 Å². The Kier molecular flexibility index (Phi) is 4.77. The maximum Gasteiger partial charge on any atom is 0.288 e. The zero-order valence-electron chi connectivity index (χ0n) is 11.0. The Bertz CT molecular complexity index is 464. The van der Waals surface area contributed by atoms with Crippen molar-refractivity contribution < 1.29 is 9.66 Å². The molecule has 1 fully saturated rings. The molecule has 0 amide bonds. The molecular weight excluding hydrogens is 266 g/mol. The summed E-state index contributed by atoms with van der Waals surface area (Å²) < 4.78 is 5.89. The first-order valence-corrected chi connectivity index (χ1v) is 7.00. The molecule has 1 saturated carbocycles. The lowest BCUT2D eigenvalue weighted by Crippen LogP contribution is -2.25. The zero-order chi connectivity index (χ0) is 13.8. The smallest absolute Gasteiger partial charge is 0.288 e. The highest BCUT2D eigenvalue weighted by molar-refractivity contribution is 6.32. The molecule has 0 bridgehead atoms. The van der Waals surface area contributed by atoms with Gasteiger partial charge in [0.05, 0.1) is 17.6 Å². The van der Waals surface area contributed by atoms with Gasteiger partial charge in [0.15, 0.2) is 0 Å². The number of halogens is 1. The predicted octanol–water partition coefficient (Wildman–Crippen LogP) is 4.34. The molecule has 0 heterocycles. The van der Waals surface area contributed by atoms with Gasteiger partial charge in [-0.2, -0.15) is 0 Å². The molecule has 1 aromatic rings. The summed E-state index contributed by atoms with van der Waals surface area (Å²) >= 11 is 5.78. The third-order valence-electron chi connectivity index (χ3n) is 3.70. The maximum absolute atomic E-state index is 10.8. The van der Waals surface area contributed by atoms with Crippen LogP contribution in [0.1, 0.15) is 38.2 Å². The average Bonchev–Trinajstić information content (AvgIpc) is 2.39. The van der Waals surface area contributed by atoms with Gasteiger partial charge in [-0.1, -0.05) is 37.4 Å². The van der Waals surface area contributed by atoms with E-state index in [1.807, 2.05) is 0 Å². The van der Waals surface area contributed by atoms with Gasteiger partial charge in [-0.05, 0) is 30.4 Å². The van der Waals surface area contributed by atoms with Crippen LogP contribution >= 0.6 is 11.6 Å². The van der Waals surface area contributed by atoms with Crippen LogP contribution in [0, 0.1) is 16.0 Å². The molecule has 0 spiro atoms. The van der Waals surface area contributed by atoms with Crippen LogP contribution in [0.4, 0.5) is 5.69 Å². The van der Waals surface area contributed by atoms with Crippen molar-refractivity contribution in [3.8, 4) is 0 Å². The molecule has 1 aliphatic rings. The van der Waals surface area contributed by atoms with Crippen molar-refractivity contribution in [3.05, 3.63) is 38.9 Å². The molecule has 2 rings (SSSR count). The summed E-state index contributed by atoms with van der Waals surface area (Å²) in [5.74, 6) is 0.566. The molecule has 0 saturated heterocycles. The molecular formula is C14H18ClNO3. The van der Waals surface area contributed by atoms with Gasteiger partial charge in [-0.25, -0.2) is 0 Å². The molecule has 1 aromatic carbocycles. The molecule has 104 valence electrons. The van der Waals surface area contributed by atoms with Gasteiger partial charge in [-0.3, -0.25) is 10.1 Å². The van der Waals surface area contributed by atoms with Crippen LogP contribution in [0.2, 0.25) is 5.02 Å². The van der Waals surface area contributed by atoms with E-state index >= 15 is 0 Å². The van der Waals surface area contributed by atoms with Gasteiger partial charge in [0.1, 0.15) is 5.02 Å². The van der Waals surface area contributed by atoms with E-state index in [1.54, 1.807) is 12.1 Å². The highest BCUT2D eigenvalue weighted by Gasteiger charge is 2.22. The van der Waals surface area contributed by atoms with E-state index in [0.29, 0.717) is 12.5 Å². The molecule has 0 aromatic heterocycles. The molecule has 0 radical (unpaired) electrons. The Balaban J connectivity index is 1.99. The Morgan fingerprint density at radius 2 is 2.16 bits per heavy atom. The van der Waals surface area contributed by atoms with E-state index in [2.05, 4.69) is 6.92 Å². The molecule has 0 aliphatic heterocycles. The van der Waals surface area contributed by atoms with Crippen molar-refractivity contribution in [3.63, 3.8) is 0 Å². The number of benzene rings is 1. The Morgan fingerprint density at radius 1 is 1.42 bits per heavy atom. The standard InChI is InChI=1S/C14H18ClNO3/c1-10-4-2-3-5-14(10)19-9-11-6-7-12(15)13(8-11)16(17)18/h6-8,10,14H,2-5,9H2,1H3. The zero-order valence-corrected chi connectivity index (χ0v) is 11.7. The maximum atomic E-state index is 10.8. The molecule has 19 heavy (non-hydrogen) atoms. The van der Waals surface area contributed by atoms with Crippen LogP contribution < -0.4 is 0 Å². The summed E-state index contributed by atoms with van der Waals surface area (Å²) in [6, 6.07) is 4.83. The van der Waals surface area contributed by atoms with E-state index in [-0.39, 0.29) is 16.8 Å². The van der Waals surface area contributed by atoms with Crippen molar-refractivity contribution in [2.24, 2.45) is 5.92 Å². The second kappa shape index (κ2) is 6.35. The highest BCUT2D eigenvalue weighted by Crippen LogP contribution is 2.29. The summed E-state index contributed by atoms with van der Waals surface area (Å²) in [7, 11) is 0. The van der Waals surface area contributed by atoms with E-state index in [9.17, 15) is 10.1 Å². The topological polar surface area (TPSA) is 52.4 Å². The number of nitro benzene ring substituents is 1. The first-order chi connectivity index (χ1) is 9.08. The van der Waals surface area contributed by atoms with Gasteiger partial charge in [-0.15, -0.1) is 0 Å². The minimum Gasteiger partial charge on any atom is -0.373 e. The quantitative estimate of drug-likeness (QED) is 0.610. The van der Waals surface area contributed by atoms with Crippen molar-refractivity contribution in [2.75, 3.05) is 0 Å². The number of ether oxygens (including phenoxy) is 1. The first-order valence-electron chi connectivity index (χ1n) is 6.62. The van der Waals surface area contributed by atoms with Gasteiger partial charge < -0.3 is 4.74 Å². The number of hydrogen-bond donors (Lipinski definition) is 0. The van der Waals surface area contributed by atoms with Crippen molar-refractivity contribution in [1.29, 1.82) is 0 Å². The van der Waals surface area contributed by atoms with Gasteiger partial charge in [0.2, 0.25) is 0 Å². The summed E-state index contributed by atoms with van der Waals surface area (Å²) in [6.45, 7) is 2.61. The first kappa shape index (κ1) is 14.3. The molecule has 5 heteroatoms. The lowest BCUT2D eigenvalue weighted by molar-refractivity contribution is -0.384. The fraction of sp³-hybridized carbons (Fsp3) is 0.571. The van der Waals surface area contributed by atoms with Crippen LogP contribution in [0.15, 0.2) is 18.2 Å². The third-order valence-corrected chi connectivity index (χ3v) is 4.02. The number of nitrogens with zero attached hydrogens (tertiary/aromatic N) is 1. The van der Waals surface area contributed by atoms with Gasteiger partial charge in [0, 0.05) is 6.07 Å². The molecule has 0 N–H and O–H groups in total. The van der Waals surface area contributed by atoms with Gasteiger partial charge >= 0.3 is 0 Å². The van der Waals surface area contributed by atoms with Crippen LogP contribution in [0.3, 0.4) is 0 Å². The van der Waals surface area contributed by atoms with Crippen LogP contribution in [0.5, 0.6) is 0 Å². The largest absolute Gasteiger partial charge is 0.373 e. The predicted molar refractivity (Wildman–Crippen MR) is 74.3 cm³/mol.